The first kappa shape index (κ1) is 15.2. The van der Waals surface area contributed by atoms with Gasteiger partial charge in [-0.1, -0.05) is 0 Å². The first-order valence-corrected chi connectivity index (χ1v) is 11.5. The summed E-state index contributed by atoms with van der Waals surface area (Å²) < 4.78 is 3.56. The summed E-state index contributed by atoms with van der Waals surface area (Å²) in [5, 5.41) is 0. The van der Waals surface area contributed by atoms with Gasteiger partial charge < -0.3 is 0 Å². The molecule has 0 bridgehead atoms. The Labute approximate surface area is 102 Å². The predicted molar refractivity (Wildman–Crippen MR) is 72.5 cm³/mol. The van der Waals surface area contributed by atoms with Crippen LogP contribution >= 0.6 is 0 Å². The van der Waals surface area contributed by atoms with Crippen LogP contribution in [0.1, 0.15) is 65.7 Å². The minimum atomic E-state index is -1.07. The fourth-order valence-corrected chi connectivity index (χ4v) is 4.68. The van der Waals surface area contributed by atoms with Crippen LogP contribution < -0.4 is 0 Å². The summed E-state index contributed by atoms with van der Waals surface area (Å²) in [5.74, 6) is 3.41. The van der Waals surface area contributed by atoms with Crippen molar-refractivity contribution in [2.75, 3.05) is 0 Å². The molecule has 86 valence electrons. The van der Waals surface area contributed by atoms with Gasteiger partial charge in [0.15, 0.2) is 0 Å². The molecular formula is C14H27Ga. The number of unbranched alkanes of at least 4 members (excludes halogenated alkanes) is 6. The second kappa shape index (κ2) is 12.3. The molecule has 0 heterocycles. The molecule has 0 spiro atoms. The van der Waals surface area contributed by atoms with Gasteiger partial charge in [0, 0.05) is 0 Å². The van der Waals surface area contributed by atoms with Crippen LogP contribution in [0.3, 0.4) is 0 Å². The maximum absolute atomic E-state index is 3.56. The Balaban J connectivity index is 3.28. The topological polar surface area (TPSA) is 0 Å². The Hall–Kier alpha value is 0.196. The van der Waals surface area contributed by atoms with Gasteiger partial charge >= 0.3 is 102 Å². The van der Waals surface area contributed by atoms with E-state index in [2.05, 4.69) is 31.2 Å². The Kier molecular flexibility index (Phi) is 12.4. The van der Waals surface area contributed by atoms with Crippen molar-refractivity contribution in [1.29, 1.82) is 0 Å². The summed E-state index contributed by atoms with van der Waals surface area (Å²) in [4.78, 5) is 2.79. The van der Waals surface area contributed by atoms with Crippen LogP contribution in [0.25, 0.3) is 0 Å². The summed E-state index contributed by atoms with van der Waals surface area (Å²) in [6.45, 7) is 6.90. The van der Waals surface area contributed by atoms with Gasteiger partial charge in [0.25, 0.3) is 0 Å². The first-order valence-electron chi connectivity index (χ1n) is 6.83. The van der Waals surface area contributed by atoms with Crippen LogP contribution in [0.15, 0.2) is 0 Å². The fraction of sp³-hybridized carbons (Fsp3) is 0.857. The zero-order chi connectivity index (χ0) is 11.4. The van der Waals surface area contributed by atoms with Gasteiger partial charge in [0.05, 0.1) is 0 Å². The molecule has 0 unspecified atom stereocenters. The standard InChI is InChI=1S/C10H17.2C2H5.Ga/c1-3-5-7-9-10-8-6-4-2;2*1-2;/h3,5-10H2,1H3;2*1H2,2H3;. The van der Waals surface area contributed by atoms with Crippen LogP contribution in [-0.4, -0.2) is 16.2 Å². The average Bonchev–Trinajstić information content (AvgIpc) is 2.27. The molecule has 15 heavy (non-hydrogen) atoms. The van der Waals surface area contributed by atoms with E-state index >= 15 is 0 Å². The van der Waals surface area contributed by atoms with E-state index in [-0.39, 0.29) is 0 Å². The molecule has 0 radical (unpaired) electrons. The molecule has 0 saturated carbocycles. The van der Waals surface area contributed by atoms with Crippen molar-refractivity contribution in [1.82, 2.24) is 0 Å². The minimum absolute atomic E-state index is 1.07. The van der Waals surface area contributed by atoms with E-state index in [0.717, 1.165) is 6.42 Å². The number of hydrogen-bond acceptors (Lipinski definition) is 0. The Morgan fingerprint density at radius 3 is 2.00 bits per heavy atom. The van der Waals surface area contributed by atoms with Crippen molar-refractivity contribution in [3.05, 3.63) is 0 Å². The van der Waals surface area contributed by atoms with E-state index in [1.807, 2.05) is 0 Å². The molecule has 0 aromatic heterocycles. The molecule has 0 aliphatic heterocycles. The van der Waals surface area contributed by atoms with E-state index in [0.29, 0.717) is 0 Å². The summed E-state index contributed by atoms with van der Waals surface area (Å²) >= 11 is -1.07. The fourth-order valence-electron chi connectivity index (χ4n) is 1.70. The second-order valence-electron chi connectivity index (χ2n) is 4.35. The molecule has 0 nitrogen and oxygen atoms in total. The second-order valence-corrected chi connectivity index (χ2v) is 11.3. The van der Waals surface area contributed by atoms with Gasteiger partial charge in [-0.25, -0.2) is 0 Å². The first-order chi connectivity index (χ1) is 7.35. The monoisotopic (exact) mass is 264 g/mol. The van der Waals surface area contributed by atoms with Crippen molar-refractivity contribution < 1.29 is 0 Å². The average molecular weight is 265 g/mol. The van der Waals surface area contributed by atoms with Crippen molar-refractivity contribution in [2.24, 2.45) is 0 Å². The molecule has 0 fully saturated rings. The van der Waals surface area contributed by atoms with Gasteiger partial charge in [-0.3, -0.25) is 0 Å². The van der Waals surface area contributed by atoms with Gasteiger partial charge in [0.1, 0.15) is 0 Å². The van der Waals surface area contributed by atoms with E-state index in [4.69, 9.17) is 0 Å². The third-order valence-corrected chi connectivity index (χ3v) is 8.37. The maximum atomic E-state index is 3.56. The van der Waals surface area contributed by atoms with Gasteiger partial charge in [-0.2, -0.15) is 0 Å². The predicted octanol–water partition coefficient (Wildman–Crippen LogP) is 4.81. The number of rotatable bonds is 8. The van der Waals surface area contributed by atoms with Gasteiger partial charge in [0.2, 0.25) is 0 Å². The molecule has 0 aromatic rings. The molecule has 0 amide bonds. The molecule has 0 aromatic carbocycles. The van der Waals surface area contributed by atoms with Crippen molar-refractivity contribution in [2.45, 2.75) is 75.7 Å². The van der Waals surface area contributed by atoms with Crippen LogP contribution in [0, 0.1) is 10.4 Å². The van der Waals surface area contributed by atoms with Gasteiger partial charge in [-0.05, 0) is 0 Å². The Morgan fingerprint density at radius 2 is 1.40 bits per heavy atom. The molecular weight excluding hydrogens is 238 g/mol. The number of hydrogen-bond donors (Lipinski definition) is 0. The third kappa shape index (κ3) is 10.5. The van der Waals surface area contributed by atoms with Crippen molar-refractivity contribution in [3.8, 4) is 10.4 Å². The molecule has 0 aliphatic rings. The van der Waals surface area contributed by atoms with Crippen molar-refractivity contribution in [3.63, 3.8) is 0 Å². The third-order valence-electron chi connectivity index (χ3n) is 2.95. The summed E-state index contributed by atoms with van der Waals surface area (Å²) in [6.07, 6.45) is 9.49. The molecule has 0 rings (SSSR count). The summed E-state index contributed by atoms with van der Waals surface area (Å²) in [6, 6.07) is 0. The van der Waals surface area contributed by atoms with E-state index in [1.165, 1.54) is 48.5 Å². The van der Waals surface area contributed by atoms with Crippen LogP contribution in [0.2, 0.25) is 9.95 Å². The molecule has 1 heteroatoms. The molecule has 0 aliphatic carbocycles. The van der Waals surface area contributed by atoms with Crippen LogP contribution in [-0.2, 0) is 0 Å². The zero-order valence-corrected chi connectivity index (χ0v) is 13.4. The SMILES string of the molecule is CCCCCCCCC#[C][Ga]([CH2]C)[CH2]C. The van der Waals surface area contributed by atoms with E-state index in [1.54, 1.807) is 0 Å². The normalized spacial score (nSPS) is 9.53. The molecule has 0 atom stereocenters. The Morgan fingerprint density at radius 1 is 0.800 bits per heavy atom. The van der Waals surface area contributed by atoms with Crippen LogP contribution in [0.5, 0.6) is 0 Å². The quantitative estimate of drug-likeness (QED) is 0.335. The molecule has 0 N–H and O–H groups in total. The van der Waals surface area contributed by atoms with Gasteiger partial charge in [-0.15, -0.1) is 0 Å². The molecule has 0 saturated heterocycles. The van der Waals surface area contributed by atoms with E-state index < -0.39 is 16.2 Å². The van der Waals surface area contributed by atoms with Crippen LogP contribution in [0.4, 0.5) is 0 Å². The summed E-state index contributed by atoms with van der Waals surface area (Å²) in [5.41, 5.74) is 0. The summed E-state index contributed by atoms with van der Waals surface area (Å²) in [7, 11) is 0. The van der Waals surface area contributed by atoms with E-state index in [9.17, 15) is 0 Å². The Bertz CT molecular complexity index is 172. The zero-order valence-electron chi connectivity index (χ0n) is 10.9. The van der Waals surface area contributed by atoms with Crippen molar-refractivity contribution >= 4 is 16.2 Å².